The minimum atomic E-state index is -0.659. The minimum Gasteiger partial charge on any atom is -0.506 e. The van der Waals surface area contributed by atoms with Crippen LogP contribution in [0.2, 0.25) is 0 Å². The van der Waals surface area contributed by atoms with Gasteiger partial charge in [0.1, 0.15) is 5.75 Å². The highest BCUT2D eigenvalue weighted by atomic mass is 16.6. The summed E-state index contributed by atoms with van der Waals surface area (Å²) in [5, 5.41) is 25.9. The Balaban J connectivity index is 2.15. The molecule has 102 valence electrons. The fourth-order valence-electron chi connectivity index (χ4n) is 2.09. The van der Waals surface area contributed by atoms with Gasteiger partial charge in [0.2, 0.25) is 5.91 Å². The molecule has 0 aliphatic carbocycles. The van der Waals surface area contributed by atoms with Gasteiger partial charge in [0.05, 0.1) is 22.2 Å². The predicted octanol–water partition coefficient (Wildman–Crippen LogP) is 1.38. The highest BCUT2D eigenvalue weighted by Gasteiger charge is 2.36. The highest BCUT2D eigenvalue weighted by Crippen LogP contribution is 2.29. The molecular formula is C12H15N3O4. The van der Waals surface area contributed by atoms with Gasteiger partial charge in [-0.3, -0.25) is 14.9 Å². The van der Waals surface area contributed by atoms with Crippen molar-refractivity contribution in [1.82, 2.24) is 5.32 Å². The van der Waals surface area contributed by atoms with Crippen LogP contribution < -0.4 is 10.6 Å². The number of benzene rings is 1. The van der Waals surface area contributed by atoms with E-state index in [1.165, 1.54) is 12.1 Å². The molecule has 1 aromatic rings. The standard InChI is InChI=1S/C12H15N3O4/c1-12(5-2-6-13-12)11(17)14-9-4-3-8(15(18)19)7-10(9)16/h3-4,7,13,16H,2,5-6H2,1H3,(H,14,17). The topological polar surface area (TPSA) is 104 Å². The lowest BCUT2D eigenvalue weighted by Crippen LogP contribution is -2.47. The molecule has 0 bridgehead atoms. The van der Waals surface area contributed by atoms with E-state index in [4.69, 9.17) is 0 Å². The maximum Gasteiger partial charge on any atom is 0.273 e. The molecule has 0 saturated carbocycles. The van der Waals surface area contributed by atoms with E-state index in [1.807, 2.05) is 0 Å². The van der Waals surface area contributed by atoms with Crippen LogP contribution in [-0.2, 0) is 4.79 Å². The average molecular weight is 265 g/mol. The number of hydrogen-bond acceptors (Lipinski definition) is 5. The zero-order valence-electron chi connectivity index (χ0n) is 10.5. The molecule has 0 radical (unpaired) electrons. The third-order valence-electron chi connectivity index (χ3n) is 3.31. The van der Waals surface area contributed by atoms with Gasteiger partial charge in [-0.1, -0.05) is 0 Å². The molecule has 1 unspecified atom stereocenters. The number of anilines is 1. The Labute approximate surface area is 109 Å². The van der Waals surface area contributed by atoms with E-state index in [2.05, 4.69) is 10.6 Å². The normalized spacial score (nSPS) is 22.2. The zero-order valence-corrected chi connectivity index (χ0v) is 10.5. The first-order chi connectivity index (χ1) is 8.92. The van der Waals surface area contributed by atoms with E-state index in [-0.39, 0.29) is 23.0 Å². The number of aromatic hydroxyl groups is 1. The first-order valence-corrected chi connectivity index (χ1v) is 5.96. The van der Waals surface area contributed by atoms with Crippen LogP contribution in [0, 0.1) is 10.1 Å². The summed E-state index contributed by atoms with van der Waals surface area (Å²) >= 11 is 0. The molecule has 1 aliphatic rings. The largest absolute Gasteiger partial charge is 0.506 e. The molecule has 1 aliphatic heterocycles. The number of rotatable bonds is 3. The number of phenolic OH excluding ortho intramolecular Hbond substituents is 1. The highest BCUT2D eigenvalue weighted by molar-refractivity contribution is 5.99. The van der Waals surface area contributed by atoms with E-state index in [1.54, 1.807) is 6.92 Å². The van der Waals surface area contributed by atoms with Crippen molar-refractivity contribution in [3.05, 3.63) is 28.3 Å². The number of phenols is 1. The molecule has 2 rings (SSSR count). The van der Waals surface area contributed by atoms with Crippen LogP contribution in [0.3, 0.4) is 0 Å². The molecule has 1 atom stereocenters. The number of carbonyl (C=O) groups is 1. The molecule has 1 fully saturated rings. The third-order valence-corrected chi connectivity index (χ3v) is 3.31. The van der Waals surface area contributed by atoms with Crippen LogP contribution in [0.5, 0.6) is 5.75 Å². The number of nitro groups is 1. The van der Waals surface area contributed by atoms with E-state index in [0.29, 0.717) is 6.42 Å². The van der Waals surface area contributed by atoms with Gasteiger partial charge >= 0.3 is 0 Å². The molecule has 7 nitrogen and oxygen atoms in total. The minimum absolute atomic E-state index is 0.172. The number of nitrogens with zero attached hydrogens (tertiary/aromatic N) is 1. The Morgan fingerprint density at radius 1 is 1.58 bits per heavy atom. The smallest absolute Gasteiger partial charge is 0.273 e. The van der Waals surface area contributed by atoms with Gasteiger partial charge in [-0.25, -0.2) is 0 Å². The molecule has 19 heavy (non-hydrogen) atoms. The average Bonchev–Trinajstić information content (AvgIpc) is 2.80. The van der Waals surface area contributed by atoms with Gasteiger partial charge in [0.15, 0.2) is 0 Å². The summed E-state index contributed by atoms with van der Waals surface area (Å²) in [6.45, 7) is 2.56. The Morgan fingerprint density at radius 2 is 2.32 bits per heavy atom. The second-order valence-corrected chi connectivity index (χ2v) is 4.78. The number of nitro benzene ring substituents is 1. The van der Waals surface area contributed by atoms with Gasteiger partial charge in [-0.2, -0.15) is 0 Å². The van der Waals surface area contributed by atoms with E-state index in [9.17, 15) is 20.0 Å². The molecule has 1 heterocycles. The lowest BCUT2D eigenvalue weighted by Gasteiger charge is -2.23. The van der Waals surface area contributed by atoms with Crippen molar-refractivity contribution in [3.8, 4) is 5.75 Å². The fourth-order valence-corrected chi connectivity index (χ4v) is 2.09. The summed E-state index contributed by atoms with van der Waals surface area (Å²) in [6, 6.07) is 3.57. The summed E-state index contributed by atoms with van der Waals surface area (Å²) in [5.41, 5.74) is -0.708. The number of non-ortho nitro benzene ring substituents is 1. The number of nitrogens with one attached hydrogen (secondary N) is 2. The molecule has 1 amide bonds. The Bertz CT molecular complexity index is 524. The van der Waals surface area contributed by atoms with Crippen LogP contribution in [0.4, 0.5) is 11.4 Å². The molecular weight excluding hydrogens is 250 g/mol. The molecule has 1 aromatic carbocycles. The van der Waals surface area contributed by atoms with Crippen LogP contribution >= 0.6 is 0 Å². The summed E-state index contributed by atoms with van der Waals surface area (Å²) in [6.07, 6.45) is 1.63. The number of hydrogen-bond donors (Lipinski definition) is 3. The van der Waals surface area contributed by atoms with Crippen molar-refractivity contribution in [2.24, 2.45) is 0 Å². The zero-order chi connectivity index (χ0) is 14.0. The Hall–Kier alpha value is -2.15. The van der Waals surface area contributed by atoms with Gasteiger partial charge in [-0.05, 0) is 32.4 Å². The molecule has 0 aromatic heterocycles. The summed E-state index contributed by atoms with van der Waals surface area (Å²) in [4.78, 5) is 22.0. The van der Waals surface area contributed by atoms with E-state index < -0.39 is 10.5 Å². The lowest BCUT2D eigenvalue weighted by atomic mass is 9.99. The van der Waals surface area contributed by atoms with Gasteiger partial charge < -0.3 is 15.7 Å². The first kappa shape index (κ1) is 13.3. The molecule has 0 spiro atoms. The van der Waals surface area contributed by atoms with Gasteiger partial charge in [0.25, 0.3) is 5.69 Å². The first-order valence-electron chi connectivity index (χ1n) is 5.96. The Kier molecular flexibility index (Phi) is 3.39. The second-order valence-electron chi connectivity index (χ2n) is 4.78. The fraction of sp³-hybridized carbons (Fsp3) is 0.417. The van der Waals surface area contributed by atoms with Crippen molar-refractivity contribution < 1.29 is 14.8 Å². The van der Waals surface area contributed by atoms with Crippen molar-refractivity contribution in [1.29, 1.82) is 0 Å². The van der Waals surface area contributed by atoms with Crippen molar-refractivity contribution in [2.45, 2.75) is 25.3 Å². The van der Waals surface area contributed by atoms with Crippen LogP contribution in [0.15, 0.2) is 18.2 Å². The molecule has 1 saturated heterocycles. The summed E-state index contributed by atoms with van der Waals surface area (Å²) < 4.78 is 0. The number of carbonyl (C=O) groups excluding carboxylic acids is 1. The van der Waals surface area contributed by atoms with Crippen molar-refractivity contribution in [3.63, 3.8) is 0 Å². The van der Waals surface area contributed by atoms with Gasteiger partial charge in [0, 0.05) is 6.07 Å². The predicted molar refractivity (Wildman–Crippen MR) is 69.0 cm³/mol. The monoisotopic (exact) mass is 265 g/mol. The second kappa shape index (κ2) is 4.85. The quantitative estimate of drug-likeness (QED) is 0.435. The molecule has 3 N–H and O–H groups in total. The SMILES string of the molecule is CC1(C(=O)Nc2ccc([N+](=O)[O-])cc2O)CCCN1. The van der Waals surface area contributed by atoms with E-state index >= 15 is 0 Å². The Morgan fingerprint density at radius 3 is 2.84 bits per heavy atom. The van der Waals surface area contributed by atoms with Crippen molar-refractivity contribution in [2.75, 3.05) is 11.9 Å². The maximum atomic E-state index is 12.1. The summed E-state index contributed by atoms with van der Waals surface area (Å²) in [5.74, 6) is -0.571. The van der Waals surface area contributed by atoms with Gasteiger partial charge in [-0.15, -0.1) is 0 Å². The van der Waals surface area contributed by atoms with Crippen LogP contribution in [-0.4, -0.2) is 28.0 Å². The maximum absolute atomic E-state index is 12.1. The summed E-state index contributed by atoms with van der Waals surface area (Å²) in [7, 11) is 0. The third kappa shape index (κ3) is 2.65. The van der Waals surface area contributed by atoms with Crippen LogP contribution in [0.25, 0.3) is 0 Å². The molecule has 7 heteroatoms. The van der Waals surface area contributed by atoms with E-state index in [0.717, 1.165) is 19.0 Å². The van der Waals surface area contributed by atoms with Crippen molar-refractivity contribution >= 4 is 17.3 Å². The number of amides is 1. The lowest BCUT2D eigenvalue weighted by molar-refractivity contribution is -0.384. The van der Waals surface area contributed by atoms with Crippen LogP contribution in [0.1, 0.15) is 19.8 Å².